The van der Waals surface area contributed by atoms with Gasteiger partial charge in [0.05, 0.1) is 11.6 Å². The van der Waals surface area contributed by atoms with Gasteiger partial charge in [-0.3, -0.25) is 4.98 Å². The number of rotatable bonds is 4. The summed E-state index contributed by atoms with van der Waals surface area (Å²) < 4.78 is 11.2. The SMILES string of the molecule is CCc1noc(C2(C)C=C(Oc3cncc(C)c3)N=C(Cl)C2)n1. The highest BCUT2D eigenvalue weighted by Gasteiger charge is 2.36. The van der Waals surface area contributed by atoms with Crippen LogP contribution in [0.25, 0.3) is 0 Å². The summed E-state index contributed by atoms with van der Waals surface area (Å²) in [5, 5.41) is 4.38. The minimum absolute atomic E-state index is 0.396. The summed E-state index contributed by atoms with van der Waals surface area (Å²) in [6.45, 7) is 5.89. The van der Waals surface area contributed by atoms with Crippen LogP contribution in [-0.4, -0.2) is 20.3 Å². The summed E-state index contributed by atoms with van der Waals surface area (Å²) in [4.78, 5) is 12.8. The average Bonchev–Trinajstić information content (AvgIpc) is 2.96. The highest BCUT2D eigenvalue weighted by atomic mass is 35.5. The van der Waals surface area contributed by atoms with Crippen LogP contribution in [0.2, 0.25) is 0 Å². The van der Waals surface area contributed by atoms with E-state index in [2.05, 4.69) is 20.1 Å². The van der Waals surface area contributed by atoms with Crippen molar-refractivity contribution in [3.63, 3.8) is 0 Å². The molecule has 0 bridgehead atoms. The molecule has 0 aliphatic carbocycles. The van der Waals surface area contributed by atoms with E-state index in [4.69, 9.17) is 20.9 Å². The van der Waals surface area contributed by atoms with E-state index in [1.54, 1.807) is 12.4 Å². The van der Waals surface area contributed by atoms with Gasteiger partial charge < -0.3 is 9.26 Å². The van der Waals surface area contributed by atoms with E-state index in [0.717, 1.165) is 5.56 Å². The number of hydrogen-bond donors (Lipinski definition) is 0. The lowest BCUT2D eigenvalue weighted by Crippen LogP contribution is -2.26. The van der Waals surface area contributed by atoms with Crippen molar-refractivity contribution < 1.29 is 9.26 Å². The Morgan fingerprint density at radius 1 is 1.39 bits per heavy atom. The number of aromatic nitrogens is 3. The van der Waals surface area contributed by atoms with Crippen molar-refractivity contribution >= 4 is 16.8 Å². The standard InChI is InChI=1S/C16H17ClN4O2/c1-4-13-20-15(23-21-13)16(3)6-12(17)19-14(7-16)22-11-5-10(2)8-18-9-11/h5,7-9H,4,6H2,1-3H3. The summed E-state index contributed by atoms with van der Waals surface area (Å²) in [6, 6.07) is 1.88. The van der Waals surface area contributed by atoms with Gasteiger partial charge in [0.1, 0.15) is 10.9 Å². The molecular formula is C16H17ClN4O2. The predicted molar refractivity (Wildman–Crippen MR) is 86.6 cm³/mol. The molecule has 120 valence electrons. The monoisotopic (exact) mass is 332 g/mol. The van der Waals surface area contributed by atoms with Gasteiger partial charge in [-0.25, -0.2) is 4.99 Å². The first kappa shape index (κ1) is 15.7. The Morgan fingerprint density at radius 2 is 2.22 bits per heavy atom. The third kappa shape index (κ3) is 3.42. The second-order valence-electron chi connectivity index (χ2n) is 5.73. The van der Waals surface area contributed by atoms with Crippen molar-refractivity contribution in [3.05, 3.63) is 47.7 Å². The van der Waals surface area contributed by atoms with E-state index in [1.165, 1.54) is 0 Å². The number of hydrogen-bond acceptors (Lipinski definition) is 6. The topological polar surface area (TPSA) is 73.4 Å². The van der Waals surface area contributed by atoms with Crippen LogP contribution in [0.5, 0.6) is 5.75 Å². The molecule has 0 N–H and O–H groups in total. The first-order valence-electron chi connectivity index (χ1n) is 7.37. The molecule has 3 heterocycles. The Labute approximate surface area is 139 Å². The molecule has 1 aliphatic heterocycles. The third-order valence-electron chi connectivity index (χ3n) is 3.53. The molecule has 1 unspecified atom stereocenters. The van der Waals surface area contributed by atoms with Crippen molar-refractivity contribution in [2.24, 2.45) is 4.99 Å². The summed E-state index contributed by atoms with van der Waals surface area (Å²) in [7, 11) is 0. The molecule has 1 aliphatic rings. The Kier molecular flexibility index (Phi) is 4.17. The van der Waals surface area contributed by atoms with Gasteiger partial charge in [0.25, 0.3) is 0 Å². The van der Waals surface area contributed by atoms with Crippen LogP contribution in [-0.2, 0) is 11.8 Å². The second kappa shape index (κ2) is 6.12. The molecule has 0 aromatic carbocycles. The number of aryl methyl sites for hydroxylation is 2. The fourth-order valence-electron chi connectivity index (χ4n) is 2.34. The van der Waals surface area contributed by atoms with Crippen LogP contribution in [0.3, 0.4) is 0 Å². The maximum atomic E-state index is 6.21. The van der Waals surface area contributed by atoms with E-state index in [-0.39, 0.29) is 0 Å². The predicted octanol–water partition coefficient (Wildman–Crippen LogP) is 3.55. The number of ether oxygens (including phenoxy) is 1. The molecule has 0 saturated carbocycles. The first-order valence-corrected chi connectivity index (χ1v) is 7.75. The number of halogens is 1. The fraction of sp³-hybridized carbons (Fsp3) is 0.375. The van der Waals surface area contributed by atoms with Crippen molar-refractivity contribution in [2.75, 3.05) is 0 Å². The van der Waals surface area contributed by atoms with Gasteiger partial charge in [-0.1, -0.05) is 23.7 Å². The normalized spacial score (nSPS) is 20.9. The van der Waals surface area contributed by atoms with E-state index in [1.807, 2.05) is 32.9 Å². The summed E-state index contributed by atoms with van der Waals surface area (Å²) in [5.74, 6) is 2.17. The lowest BCUT2D eigenvalue weighted by atomic mass is 9.85. The molecule has 23 heavy (non-hydrogen) atoms. The third-order valence-corrected chi connectivity index (χ3v) is 3.75. The maximum absolute atomic E-state index is 6.21. The molecule has 2 aromatic rings. The smallest absolute Gasteiger partial charge is 0.237 e. The molecule has 0 saturated heterocycles. The highest BCUT2D eigenvalue weighted by Crippen LogP contribution is 2.35. The number of pyridine rings is 1. The van der Waals surface area contributed by atoms with Gasteiger partial charge in [0.2, 0.25) is 11.8 Å². The molecule has 0 amide bonds. The molecular weight excluding hydrogens is 316 g/mol. The van der Waals surface area contributed by atoms with Gasteiger partial charge in [-0.15, -0.1) is 0 Å². The van der Waals surface area contributed by atoms with Gasteiger partial charge in [-0.05, 0) is 31.6 Å². The van der Waals surface area contributed by atoms with Crippen LogP contribution >= 0.6 is 11.6 Å². The van der Waals surface area contributed by atoms with Gasteiger partial charge in [-0.2, -0.15) is 4.98 Å². The Bertz CT molecular complexity index is 784. The van der Waals surface area contributed by atoms with E-state index in [9.17, 15) is 0 Å². The zero-order chi connectivity index (χ0) is 16.4. The zero-order valence-corrected chi connectivity index (χ0v) is 14.0. The second-order valence-corrected chi connectivity index (χ2v) is 6.17. The minimum Gasteiger partial charge on any atom is -0.438 e. The molecule has 0 radical (unpaired) electrons. The van der Waals surface area contributed by atoms with E-state index in [0.29, 0.717) is 41.4 Å². The van der Waals surface area contributed by atoms with Gasteiger partial charge >= 0.3 is 0 Å². The van der Waals surface area contributed by atoms with Gasteiger partial charge in [0, 0.05) is 19.0 Å². The van der Waals surface area contributed by atoms with Crippen molar-refractivity contribution in [1.29, 1.82) is 0 Å². The number of aliphatic imine (C=N–C) groups is 1. The summed E-state index contributed by atoms with van der Waals surface area (Å²) in [6.07, 6.45) is 6.44. The maximum Gasteiger partial charge on any atom is 0.237 e. The van der Waals surface area contributed by atoms with Crippen LogP contribution < -0.4 is 4.74 Å². The molecule has 0 spiro atoms. The Morgan fingerprint density at radius 3 is 2.91 bits per heavy atom. The van der Waals surface area contributed by atoms with Crippen molar-refractivity contribution in [3.8, 4) is 5.75 Å². The first-order chi connectivity index (χ1) is 11.0. The Balaban J connectivity index is 1.91. The van der Waals surface area contributed by atoms with E-state index >= 15 is 0 Å². The van der Waals surface area contributed by atoms with E-state index < -0.39 is 5.41 Å². The lowest BCUT2D eigenvalue weighted by Gasteiger charge is -2.25. The lowest BCUT2D eigenvalue weighted by molar-refractivity contribution is 0.317. The minimum atomic E-state index is -0.550. The average molecular weight is 333 g/mol. The van der Waals surface area contributed by atoms with Crippen LogP contribution in [0, 0.1) is 6.92 Å². The molecule has 6 nitrogen and oxygen atoms in total. The molecule has 7 heteroatoms. The van der Waals surface area contributed by atoms with Gasteiger partial charge in [0.15, 0.2) is 5.82 Å². The number of nitrogens with zero attached hydrogens (tertiary/aromatic N) is 4. The fourth-order valence-corrected chi connectivity index (χ4v) is 2.70. The van der Waals surface area contributed by atoms with Crippen LogP contribution in [0.1, 0.15) is 37.5 Å². The molecule has 3 rings (SSSR count). The summed E-state index contributed by atoms with van der Waals surface area (Å²) in [5.41, 5.74) is 0.451. The zero-order valence-electron chi connectivity index (χ0n) is 13.2. The Hall–Kier alpha value is -2.21. The largest absolute Gasteiger partial charge is 0.438 e. The number of allylic oxidation sites excluding steroid dienone is 1. The van der Waals surface area contributed by atoms with Crippen molar-refractivity contribution in [2.45, 2.75) is 39.0 Å². The van der Waals surface area contributed by atoms with Crippen molar-refractivity contribution in [1.82, 2.24) is 15.1 Å². The highest BCUT2D eigenvalue weighted by molar-refractivity contribution is 6.65. The molecule has 0 fully saturated rings. The summed E-state index contributed by atoms with van der Waals surface area (Å²) >= 11 is 6.21. The van der Waals surface area contributed by atoms with Crippen LogP contribution in [0.4, 0.5) is 0 Å². The molecule has 2 aromatic heterocycles. The van der Waals surface area contributed by atoms with Crippen LogP contribution in [0.15, 0.2) is 39.9 Å². The molecule has 1 atom stereocenters. The quantitative estimate of drug-likeness (QED) is 0.856.